The summed E-state index contributed by atoms with van der Waals surface area (Å²) in [6.45, 7) is 0.948. The van der Waals surface area contributed by atoms with E-state index in [0.717, 1.165) is 22.6 Å². The summed E-state index contributed by atoms with van der Waals surface area (Å²) in [4.78, 5) is 0. The SMILES string of the molecule is NCc1ccccc1OCc1cnn(-c2ccccc2)c1. The lowest BCUT2D eigenvalue weighted by Gasteiger charge is -2.08. The summed E-state index contributed by atoms with van der Waals surface area (Å²) in [6.07, 6.45) is 3.79. The fourth-order valence-corrected chi connectivity index (χ4v) is 2.13. The second-order valence-electron chi connectivity index (χ2n) is 4.73. The summed E-state index contributed by atoms with van der Waals surface area (Å²) in [5.74, 6) is 0.826. The van der Waals surface area contributed by atoms with E-state index < -0.39 is 0 Å². The molecule has 3 aromatic rings. The van der Waals surface area contributed by atoms with Crippen molar-refractivity contribution in [2.24, 2.45) is 5.73 Å². The van der Waals surface area contributed by atoms with Crippen LogP contribution in [0.3, 0.4) is 0 Å². The molecule has 0 saturated heterocycles. The minimum atomic E-state index is 0.472. The first-order chi connectivity index (χ1) is 10.4. The van der Waals surface area contributed by atoms with E-state index in [-0.39, 0.29) is 0 Å². The lowest BCUT2D eigenvalue weighted by molar-refractivity contribution is 0.303. The van der Waals surface area contributed by atoms with Crippen LogP contribution < -0.4 is 10.5 Å². The van der Waals surface area contributed by atoms with Gasteiger partial charge in [0, 0.05) is 23.9 Å². The number of ether oxygens (including phenoxy) is 1. The Kier molecular flexibility index (Phi) is 3.98. The van der Waals surface area contributed by atoms with Crippen LogP contribution in [0.5, 0.6) is 5.75 Å². The largest absolute Gasteiger partial charge is 0.488 e. The molecule has 0 amide bonds. The zero-order chi connectivity index (χ0) is 14.5. The first-order valence-corrected chi connectivity index (χ1v) is 6.86. The molecule has 4 nitrogen and oxygen atoms in total. The van der Waals surface area contributed by atoms with Crippen molar-refractivity contribution in [3.05, 3.63) is 78.1 Å². The Labute approximate surface area is 123 Å². The first kappa shape index (κ1) is 13.4. The molecule has 4 heteroatoms. The lowest BCUT2D eigenvalue weighted by Crippen LogP contribution is -2.02. The third-order valence-electron chi connectivity index (χ3n) is 3.24. The number of para-hydroxylation sites is 2. The Hall–Kier alpha value is -2.59. The van der Waals surface area contributed by atoms with Gasteiger partial charge >= 0.3 is 0 Å². The molecule has 2 N–H and O–H groups in total. The van der Waals surface area contributed by atoms with E-state index in [0.29, 0.717) is 13.2 Å². The Morgan fingerprint density at radius 1 is 1.00 bits per heavy atom. The van der Waals surface area contributed by atoms with Crippen LogP contribution in [0.15, 0.2) is 67.0 Å². The third kappa shape index (κ3) is 3.12. The van der Waals surface area contributed by atoms with Gasteiger partial charge in [0.25, 0.3) is 0 Å². The summed E-state index contributed by atoms with van der Waals surface area (Å²) < 4.78 is 7.67. The molecule has 0 aliphatic rings. The zero-order valence-corrected chi connectivity index (χ0v) is 11.6. The third-order valence-corrected chi connectivity index (χ3v) is 3.24. The van der Waals surface area contributed by atoms with Gasteiger partial charge in [-0.1, -0.05) is 36.4 Å². The molecule has 1 heterocycles. The molecule has 0 spiro atoms. The standard InChI is InChI=1S/C17H17N3O/c18-10-15-6-4-5-9-17(15)21-13-14-11-19-20(12-14)16-7-2-1-3-8-16/h1-9,11-12H,10,13,18H2. The Morgan fingerprint density at radius 3 is 2.57 bits per heavy atom. The summed E-state index contributed by atoms with van der Waals surface area (Å²) in [5, 5.41) is 4.35. The monoisotopic (exact) mass is 279 g/mol. The van der Waals surface area contributed by atoms with E-state index in [2.05, 4.69) is 5.10 Å². The molecule has 0 aliphatic heterocycles. The predicted octanol–water partition coefficient (Wildman–Crippen LogP) is 2.91. The van der Waals surface area contributed by atoms with E-state index in [1.165, 1.54) is 0 Å². The van der Waals surface area contributed by atoms with Gasteiger partial charge in [0.15, 0.2) is 0 Å². The Balaban J connectivity index is 1.71. The van der Waals surface area contributed by atoms with Gasteiger partial charge < -0.3 is 10.5 Å². The summed E-state index contributed by atoms with van der Waals surface area (Å²) in [6, 6.07) is 17.8. The molecular formula is C17H17N3O. The van der Waals surface area contributed by atoms with Crippen molar-refractivity contribution in [1.29, 1.82) is 0 Å². The summed E-state index contributed by atoms with van der Waals surface area (Å²) in [7, 11) is 0. The molecule has 0 aliphatic carbocycles. The van der Waals surface area contributed by atoms with Gasteiger partial charge in [0.05, 0.1) is 11.9 Å². The van der Waals surface area contributed by atoms with Gasteiger partial charge in [-0.2, -0.15) is 5.10 Å². The van der Waals surface area contributed by atoms with Crippen molar-refractivity contribution in [2.75, 3.05) is 0 Å². The van der Waals surface area contributed by atoms with Crippen molar-refractivity contribution in [3.63, 3.8) is 0 Å². The highest BCUT2D eigenvalue weighted by molar-refractivity contribution is 5.34. The van der Waals surface area contributed by atoms with Crippen molar-refractivity contribution < 1.29 is 4.74 Å². The average Bonchev–Trinajstić information content (AvgIpc) is 3.03. The van der Waals surface area contributed by atoms with Crippen LogP contribution in [0.4, 0.5) is 0 Å². The summed E-state index contributed by atoms with van der Waals surface area (Å²) in [5.41, 5.74) is 8.76. The highest BCUT2D eigenvalue weighted by Crippen LogP contribution is 2.18. The predicted molar refractivity (Wildman–Crippen MR) is 82.2 cm³/mol. The average molecular weight is 279 g/mol. The number of nitrogens with two attached hydrogens (primary N) is 1. The topological polar surface area (TPSA) is 53.1 Å². The van der Waals surface area contributed by atoms with Crippen molar-refractivity contribution in [2.45, 2.75) is 13.2 Å². The fraction of sp³-hybridized carbons (Fsp3) is 0.118. The molecule has 3 rings (SSSR count). The van der Waals surface area contributed by atoms with Crippen LogP contribution in [-0.4, -0.2) is 9.78 Å². The van der Waals surface area contributed by atoms with E-state index in [4.69, 9.17) is 10.5 Å². The number of hydrogen-bond donors (Lipinski definition) is 1. The molecule has 0 radical (unpaired) electrons. The molecule has 0 bridgehead atoms. The highest BCUT2D eigenvalue weighted by Gasteiger charge is 2.04. The maximum absolute atomic E-state index is 5.83. The number of hydrogen-bond acceptors (Lipinski definition) is 3. The molecule has 1 aromatic heterocycles. The molecule has 106 valence electrons. The normalized spacial score (nSPS) is 10.5. The lowest BCUT2D eigenvalue weighted by atomic mass is 10.2. The fourth-order valence-electron chi connectivity index (χ4n) is 2.13. The van der Waals surface area contributed by atoms with Crippen LogP contribution in [0.2, 0.25) is 0 Å². The van der Waals surface area contributed by atoms with Crippen molar-refractivity contribution in [1.82, 2.24) is 9.78 Å². The second-order valence-corrected chi connectivity index (χ2v) is 4.73. The van der Waals surface area contributed by atoms with Crippen LogP contribution in [-0.2, 0) is 13.2 Å². The van der Waals surface area contributed by atoms with Crippen LogP contribution in [0, 0.1) is 0 Å². The van der Waals surface area contributed by atoms with Crippen molar-refractivity contribution in [3.8, 4) is 11.4 Å². The minimum Gasteiger partial charge on any atom is -0.488 e. The Bertz CT molecular complexity index is 707. The number of benzene rings is 2. The van der Waals surface area contributed by atoms with E-state index >= 15 is 0 Å². The van der Waals surface area contributed by atoms with Crippen LogP contribution in [0.25, 0.3) is 5.69 Å². The molecule has 0 unspecified atom stereocenters. The highest BCUT2D eigenvalue weighted by atomic mass is 16.5. The quantitative estimate of drug-likeness (QED) is 0.781. The summed E-state index contributed by atoms with van der Waals surface area (Å²) >= 11 is 0. The van der Waals surface area contributed by atoms with E-state index in [1.807, 2.05) is 71.7 Å². The van der Waals surface area contributed by atoms with E-state index in [9.17, 15) is 0 Å². The number of nitrogens with zero attached hydrogens (tertiary/aromatic N) is 2. The van der Waals surface area contributed by atoms with Crippen LogP contribution >= 0.6 is 0 Å². The maximum atomic E-state index is 5.83. The van der Waals surface area contributed by atoms with Crippen LogP contribution in [0.1, 0.15) is 11.1 Å². The zero-order valence-electron chi connectivity index (χ0n) is 11.6. The van der Waals surface area contributed by atoms with Gasteiger partial charge in [-0.05, 0) is 18.2 Å². The van der Waals surface area contributed by atoms with Gasteiger partial charge in [0.1, 0.15) is 12.4 Å². The molecule has 2 aromatic carbocycles. The van der Waals surface area contributed by atoms with Gasteiger partial charge in [0.2, 0.25) is 0 Å². The molecule has 0 fully saturated rings. The van der Waals surface area contributed by atoms with Gasteiger partial charge in [-0.3, -0.25) is 0 Å². The van der Waals surface area contributed by atoms with Crippen molar-refractivity contribution >= 4 is 0 Å². The van der Waals surface area contributed by atoms with Gasteiger partial charge in [-0.15, -0.1) is 0 Å². The second kappa shape index (κ2) is 6.24. The minimum absolute atomic E-state index is 0.472. The van der Waals surface area contributed by atoms with E-state index in [1.54, 1.807) is 0 Å². The molecular weight excluding hydrogens is 262 g/mol. The smallest absolute Gasteiger partial charge is 0.124 e. The molecule has 21 heavy (non-hydrogen) atoms. The Morgan fingerprint density at radius 2 is 1.76 bits per heavy atom. The molecule has 0 atom stereocenters. The maximum Gasteiger partial charge on any atom is 0.124 e. The first-order valence-electron chi connectivity index (χ1n) is 6.86. The number of rotatable bonds is 5. The number of aromatic nitrogens is 2. The molecule has 0 saturated carbocycles. The van der Waals surface area contributed by atoms with Gasteiger partial charge in [-0.25, -0.2) is 4.68 Å².